The topological polar surface area (TPSA) is 52.2 Å². The van der Waals surface area contributed by atoms with Crippen molar-refractivity contribution in [3.63, 3.8) is 0 Å². The molecule has 0 unspecified atom stereocenters. The minimum Gasteiger partial charge on any atom is -0.0312 e. The molecule has 0 aromatic heterocycles. The van der Waals surface area contributed by atoms with Crippen LogP contribution < -0.4 is 0 Å². The van der Waals surface area contributed by atoms with Gasteiger partial charge in [0.05, 0.1) is 0 Å². The average molecular weight is 438 g/mol. The summed E-state index contributed by atoms with van der Waals surface area (Å²) in [5, 5.41) is 0. The molecule has 6 heteroatoms. The van der Waals surface area contributed by atoms with Gasteiger partial charge in [0.25, 0.3) is 0 Å². The van der Waals surface area contributed by atoms with Gasteiger partial charge in [-0.15, -0.1) is 14.5 Å². The van der Waals surface area contributed by atoms with Crippen LogP contribution in [0.15, 0.2) is 4.99 Å². The molecule has 0 atom stereocenters. The maximum absolute atomic E-state index is 7.50. The molecule has 0 aromatic carbocycles. The van der Waals surface area contributed by atoms with Crippen LogP contribution in [0, 0.1) is 90.0 Å². The normalized spacial score (nSPS) is 14.4. The average Bonchev–Trinajstić information content (AvgIpc) is 3.29. The number of hydrogen-bond acceptors (Lipinski definition) is 1. The van der Waals surface area contributed by atoms with E-state index in [4.69, 9.17) is 9.30 Å². The van der Waals surface area contributed by atoms with Crippen molar-refractivity contribution in [3.8, 4) is 0 Å². The Kier molecular flexibility index (Phi) is 46.7. The molecular weight excluding hydrogens is 414 g/mol. The van der Waals surface area contributed by atoms with E-state index in [1.807, 2.05) is 70.6 Å². The molecule has 0 saturated heterocycles. The van der Waals surface area contributed by atoms with Crippen LogP contribution in [0.1, 0.15) is 0 Å². The van der Waals surface area contributed by atoms with Crippen LogP contribution in [0.3, 0.4) is 0 Å². The summed E-state index contributed by atoms with van der Waals surface area (Å²) in [7, 11) is 0.733. The molecule has 2 aliphatic rings. The zero-order valence-corrected chi connectivity index (χ0v) is 18.1. The smallest absolute Gasteiger partial charge is 0.0312 e. The summed E-state index contributed by atoms with van der Waals surface area (Å²) in [4.78, 5) is 3.72. The van der Waals surface area contributed by atoms with Crippen molar-refractivity contribution in [2.24, 2.45) is 4.99 Å². The molecule has 0 bridgehead atoms. The summed E-state index contributed by atoms with van der Waals surface area (Å²) in [6, 6.07) is 2.21. The first-order chi connectivity index (χ1) is 11.1. The Morgan fingerprint density at radius 3 is 1.16 bits per heavy atom. The number of rotatable bonds is 3. The van der Waals surface area contributed by atoms with Crippen LogP contribution >= 0.6 is 0 Å². The third-order valence-electron chi connectivity index (χ3n) is 1.90. The first-order valence-electron chi connectivity index (χ1n) is 6.82. The van der Waals surface area contributed by atoms with E-state index in [9.17, 15) is 0 Å². The van der Waals surface area contributed by atoms with Crippen LogP contribution in [0.5, 0.6) is 0 Å². The van der Waals surface area contributed by atoms with E-state index in [0.717, 1.165) is 0 Å². The first kappa shape index (κ1) is 36.3. The molecule has 3 nitrogen and oxygen atoms in total. The Bertz CT molecular complexity index is 251. The number of nitrogens with zero attached hydrogens (tertiary/aromatic N) is 1. The molecule has 0 heterocycles. The van der Waals surface area contributed by atoms with Gasteiger partial charge >= 0.3 is 56.7 Å². The quantitative estimate of drug-likeness (QED) is 0.279. The summed E-state index contributed by atoms with van der Waals surface area (Å²) in [5.41, 5.74) is 0. The monoisotopic (exact) mass is 438 g/mol. The minimum absolute atomic E-state index is 0. The molecule has 0 amide bonds. The summed E-state index contributed by atoms with van der Waals surface area (Å²) < 4.78 is 15.0. The Labute approximate surface area is 179 Å². The van der Waals surface area contributed by atoms with E-state index in [1.165, 1.54) is 0 Å². The number of hydrogen-bond donors (Lipinski definition) is 0. The number of aliphatic imine (C=N–C) groups is 1. The molecule has 134 valence electrons. The predicted octanol–water partition coefficient (Wildman–Crippen LogP) is 3.81. The minimum atomic E-state index is -0.998. The standard InChI is InChI=1S/C7H14NSi.2C5H5.2CO.2Fe/c1-8-6-5-7-9(2,3)4;2*1-2-4-5-3-1;2*1-2;;/h5,7H,1-4H3;2*1-5H;;;;/q-1;;;;;2*+2. The van der Waals surface area contributed by atoms with Crippen molar-refractivity contribution < 1.29 is 43.4 Å². The van der Waals surface area contributed by atoms with E-state index in [-0.39, 0.29) is 34.1 Å². The Balaban J connectivity index is -0.0000000725. The van der Waals surface area contributed by atoms with E-state index in [2.05, 4.69) is 50.2 Å². The molecule has 2 aliphatic carbocycles. The van der Waals surface area contributed by atoms with Crippen LogP contribution in [-0.4, -0.2) is 21.3 Å². The van der Waals surface area contributed by atoms with Crippen molar-refractivity contribution in [3.05, 3.63) is 90.0 Å². The second-order valence-corrected chi connectivity index (χ2v) is 10.0. The van der Waals surface area contributed by atoms with Crippen molar-refractivity contribution >= 4 is 14.3 Å². The Hall–Kier alpha value is 0.406. The zero-order valence-electron chi connectivity index (χ0n) is 14.9. The molecule has 25 heavy (non-hydrogen) atoms. The van der Waals surface area contributed by atoms with E-state index < -0.39 is 8.07 Å². The van der Waals surface area contributed by atoms with Gasteiger partial charge in [0.2, 0.25) is 0 Å². The maximum atomic E-state index is 7.50. The summed E-state index contributed by atoms with van der Waals surface area (Å²) >= 11 is 0. The van der Waals surface area contributed by atoms with Gasteiger partial charge < -0.3 is 6.04 Å². The van der Waals surface area contributed by atoms with E-state index in [0.29, 0.717) is 0 Å². The molecule has 2 saturated carbocycles. The largest absolute Gasteiger partial charge is 2.00 e. The summed E-state index contributed by atoms with van der Waals surface area (Å²) in [6.07, 6.45) is 24.7. The molecular formula is C19H24Fe2NO2Si+3. The summed E-state index contributed by atoms with van der Waals surface area (Å²) in [5.74, 6) is 0. The van der Waals surface area contributed by atoms with Crippen LogP contribution in [-0.2, 0) is 43.4 Å². The van der Waals surface area contributed by atoms with Gasteiger partial charge in [0.1, 0.15) is 0 Å². The molecule has 0 N–H and O–H groups in total. The van der Waals surface area contributed by atoms with Crippen molar-refractivity contribution in [2.45, 2.75) is 19.6 Å². The van der Waals surface area contributed by atoms with Crippen LogP contribution in [0.2, 0.25) is 19.6 Å². The molecule has 0 aromatic rings. The molecule has 2 rings (SSSR count). The van der Waals surface area contributed by atoms with Crippen molar-refractivity contribution in [2.75, 3.05) is 7.05 Å². The van der Waals surface area contributed by atoms with Gasteiger partial charge in [-0.1, -0.05) is 19.6 Å². The van der Waals surface area contributed by atoms with Crippen molar-refractivity contribution in [1.29, 1.82) is 0 Å². The fourth-order valence-electron chi connectivity index (χ4n) is 1.00. The predicted molar refractivity (Wildman–Crippen MR) is 96.2 cm³/mol. The third-order valence-corrected chi connectivity index (χ3v) is 3.06. The SMILES string of the molecule is CN=[C][CH][CH-][Si](C)(C)C.[C-]#[O+].[C-]#[O+].[CH]1[CH][CH][CH][CH]1.[CH]1[CH][CH][CH][CH]1.[Fe+2].[Fe+2]. The molecule has 12 radical (unpaired) electrons. The van der Waals surface area contributed by atoms with Gasteiger partial charge in [-0.3, -0.25) is 4.99 Å². The van der Waals surface area contributed by atoms with Crippen LogP contribution in [0.25, 0.3) is 0 Å². The first-order valence-corrected chi connectivity index (χ1v) is 10.4. The van der Waals surface area contributed by atoms with Gasteiger partial charge in [-0.25, -0.2) is 0 Å². The zero-order chi connectivity index (χ0) is 18.4. The molecule has 0 aliphatic heterocycles. The molecule has 0 spiro atoms. The van der Waals surface area contributed by atoms with E-state index >= 15 is 0 Å². The van der Waals surface area contributed by atoms with Crippen molar-refractivity contribution in [1.82, 2.24) is 0 Å². The van der Waals surface area contributed by atoms with Gasteiger partial charge in [0.15, 0.2) is 0 Å². The fraction of sp³-hybridized carbons (Fsp3) is 0.211. The van der Waals surface area contributed by atoms with Crippen LogP contribution in [0.4, 0.5) is 0 Å². The fourth-order valence-corrected chi connectivity index (χ4v) is 1.58. The Morgan fingerprint density at radius 1 is 0.760 bits per heavy atom. The molecule has 2 fully saturated rings. The third kappa shape index (κ3) is 45.5. The second-order valence-electron chi connectivity index (χ2n) is 4.98. The van der Waals surface area contributed by atoms with Gasteiger partial charge in [-0.2, -0.15) is 0 Å². The maximum Gasteiger partial charge on any atom is 2.00 e. The van der Waals surface area contributed by atoms with E-state index in [1.54, 1.807) is 7.05 Å². The summed E-state index contributed by atoms with van der Waals surface area (Å²) in [6.45, 7) is 15.8. The Morgan fingerprint density at radius 2 is 1.00 bits per heavy atom. The van der Waals surface area contributed by atoms with Gasteiger partial charge in [-0.05, 0) is 64.2 Å². The van der Waals surface area contributed by atoms with Gasteiger partial charge in [0, 0.05) is 13.3 Å². The second kappa shape index (κ2) is 32.1.